The second-order valence-corrected chi connectivity index (χ2v) is 11.6. The van der Waals surface area contributed by atoms with Crippen molar-refractivity contribution >= 4 is 27.9 Å². The molecule has 0 radical (unpaired) electrons. The van der Waals surface area contributed by atoms with Crippen molar-refractivity contribution in [1.82, 2.24) is 29.4 Å². The fraction of sp³-hybridized carbons (Fsp3) is 0.567. The Kier molecular flexibility index (Phi) is 7.91. The van der Waals surface area contributed by atoms with Gasteiger partial charge in [-0.05, 0) is 82.1 Å². The lowest BCUT2D eigenvalue weighted by Crippen LogP contribution is -2.38. The highest BCUT2D eigenvalue weighted by Crippen LogP contribution is 2.38. The van der Waals surface area contributed by atoms with Crippen molar-refractivity contribution in [2.75, 3.05) is 25.5 Å². The fourth-order valence-corrected chi connectivity index (χ4v) is 6.14. The Hall–Kier alpha value is -3.18. The number of imidazole rings is 1. The molecule has 11 heteroatoms. The maximum absolute atomic E-state index is 13.0. The number of methoxy groups -OCH3 is 1. The molecule has 3 aromatic heterocycles. The minimum atomic E-state index is -4.36. The number of anilines is 1. The fourth-order valence-electron chi connectivity index (χ4n) is 6.14. The molecule has 2 aliphatic carbocycles. The number of aromatic amines is 1. The molecule has 0 bridgehead atoms. The van der Waals surface area contributed by atoms with E-state index in [0.717, 1.165) is 80.0 Å². The number of nitrogens with zero attached hydrogens (tertiary/aromatic N) is 5. The van der Waals surface area contributed by atoms with Gasteiger partial charge in [-0.15, -0.1) is 0 Å². The third-order valence-electron chi connectivity index (χ3n) is 8.65. The van der Waals surface area contributed by atoms with Crippen LogP contribution in [0.3, 0.4) is 0 Å². The Morgan fingerprint density at radius 3 is 2.78 bits per heavy atom. The van der Waals surface area contributed by atoms with E-state index in [-0.39, 0.29) is 6.23 Å². The quantitative estimate of drug-likeness (QED) is 0.149. The number of ether oxygens (including phenoxy) is 1. The summed E-state index contributed by atoms with van der Waals surface area (Å²) < 4.78 is 47.2. The molecule has 2 saturated carbocycles. The van der Waals surface area contributed by atoms with Gasteiger partial charge in [-0.3, -0.25) is 4.90 Å². The van der Waals surface area contributed by atoms with Crippen LogP contribution in [-0.4, -0.2) is 61.9 Å². The maximum Gasteiger partial charge on any atom is 0.416 e. The van der Waals surface area contributed by atoms with E-state index < -0.39 is 11.7 Å². The van der Waals surface area contributed by atoms with Crippen molar-refractivity contribution in [1.29, 1.82) is 0 Å². The summed E-state index contributed by atoms with van der Waals surface area (Å²) in [5, 5.41) is 4.63. The van der Waals surface area contributed by atoms with Gasteiger partial charge in [0.25, 0.3) is 0 Å². The third kappa shape index (κ3) is 6.35. The summed E-state index contributed by atoms with van der Waals surface area (Å²) >= 11 is 0. The van der Waals surface area contributed by atoms with Gasteiger partial charge < -0.3 is 19.6 Å². The van der Waals surface area contributed by atoms with Crippen molar-refractivity contribution in [3.63, 3.8) is 0 Å². The van der Waals surface area contributed by atoms with Crippen LogP contribution in [-0.2, 0) is 17.3 Å². The van der Waals surface area contributed by atoms with Gasteiger partial charge in [0, 0.05) is 44.9 Å². The molecule has 8 nitrogen and oxygen atoms in total. The lowest BCUT2D eigenvalue weighted by atomic mass is 10.1. The van der Waals surface area contributed by atoms with E-state index in [9.17, 15) is 13.2 Å². The Labute approximate surface area is 237 Å². The van der Waals surface area contributed by atoms with Gasteiger partial charge in [0.15, 0.2) is 0 Å². The van der Waals surface area contributed by atoms with Crippen molar-refractivity contribution in [2.24, 2.45) is 5.92 Å². The molecule has 220 valence electrons. The highest BCUT2D eigenvalue weighted by atomic mass is 19.4. The molecule has 0 spiro atoms. The van der Waals surface area contributed by atoms with Gasteiger partial charge in [0.2, 0.25) is 0 Å². The summed E-state index contributed by atoms with van der Waals surface area (Å²) in [7, 11) is 1.75. The standard InChI is InChI=1S/C30H38F3N7O/c1-19(41-2)39(13-4-3-5-27-37-25-11-7-21(30(31,32)33)16-26(25)38-27)17-20-6-10-23(15-20)40-14-12-24-28(36-22-8-9-22)34-18-35-29(24)40/h7,11-12,14,16,18-20,22-23H,3-6,8-10,13,15,17H2,1-2H3,(H,37,38)(H,34,35,36)/t19?,20-,23+/m1/s1. The summed E-state index contributed by atoms with van der Waals surface area (Å²) in [5.41, 5.74) is 1.34. The molecule has 3 heterocycles. The van der Waals surface area contributed by atoms with E-state index in [0.29, 0.717) is 35.5 Å². The normalized spacial score (nSPS) is 20.4. The van der Waals surface area contributed by atoms with E-state index in [1.165, 1.54) is 18.9 Å². The van der Waals surface area contributed by atoms with E-state index in [1.54, 1.807) is 13.4 Å². The van der Waals surface area contributed by atoms with E-state index in [2.05, 4.69) is 53.9 Å². The zero-order valence-electron chi connectivity index (χ0n) is 23.6. The largest absolute Gasteiger partial charge is 0.416 e. The van der Waals surface area contributed by atoms with Crippen molar-refractivity contribution in [3.05, 3.63) is 48.2 Å². The number of aromatic nitrogens is 5. The number of fused-ring (bicyclic) bond motifs is 2. The highest BCUT2D eigenvalue weighted by molar-refractivity contribution is 5.87. The minimum absolute atomic E-state index is 0.0113. The number of H-pyrrole nitrogens is 1. The van der Waals surface area contributed by atoms with Crippen LogP contribution in [0.15, 0.2) is 36.8 Å². The average molecular weight is 570 g/mol. The van der Waals surface area contributed by atoms with Crippen LogP contribution < -0.4 is 5.32 Å². The first-order valence-corrected chi connectivity index (χ1v) is 14.7. The van der Waals surface area contributed by atoms with Gasteiger partial charge in [-0.2, -0.15) is 13.2 Å². The maximum atomic E-state index is 13.0. The number of nitrogens with one attached hydrogen (secondary N) is 2. The highest BCUT2D eigenvalue weighted by Gasteiger charge is 2.31. The average Bonchev–Trinajstić information content (AvgIpc) is 3.32. The zero-order chi connectivity index (χ0) is 28.6. The number of halogens is 3. The molecule has 0 saturated heterocycles. The van der Waals surface area contributed by atoms with Crippen molar-refractivity contribution in [3.8, 4) is 0 Å². The van der Waals surface area contributed by atoms with Gasteiger partial charge in [0.05, 0.1) is 22.0 Å². The van der Waals surface area contributed by atoms with Crippen LogP contribution in [0.5, 0.6) is 0 Å². The summed E-state index contributed by atoms with van der Waals surface area (Å²) in [6, 6.07) is 6.77. The number of unbranched alkanes of at least 4 members (excludes halogenated alkanes) is 1. The summed E-state index contributed by atoms with van der Waals surface area (Å²) in [6.45, 7) is 3.96. The molecule has 2 aliphatic rings. The smallest absolute Gasteiger partial charge is 0.367 e. The molecular formula is C30H38F3N7O. The number of hydrogen-bond donors (Lipinski definition) is 2. The van der Waals surface area contributed by atoms with Gasteiger partial charge in [0.1, 0.15) is 29.8 Å². The Balaban J connectivity index is 1.03. The predicted octanol–water partition coefficient (Wildman–Crippen LogP) is 6.56. The predicted molar refractivity (Wildman–Crippen MR) is 153 cm³/mol. The van der Waals surface area contributed by atoms with Crippen molar-refractivity contribution in [2.45, 2.75) is 82.8 Å². The molecular weight excluding hydrogens is 531 g/mol. The molecule has 1 unspecified atom stereocenters. The van der Waals surface area contributed by atoms with Crippen LogP contribution in [0.4, 0.5) is 19.0 Å². The lowest BCUT2D eigenvalue weighted by molar-refractivity contribution is -0.137. The molecule has 2 N–H and O–H groups in total. The number of rotatable bonds is 12. The number of benzene rings is 1. The first-order chi connectivity index (χ1) is 19.8. The van der Waals surface area contributed by atoms with Crippen LogP contribution in [0.2, 0.25) is 0 Å². The van der Waals surface area contributed by atoms with Gasteiger partial charge >= 0.3 is 6.18 Å². The lowest BCUT2D eigenvalue weighted by Gasteiger charge is -2.30. The first-order valence-electron chi connectivity index (χ1n) is 14.7. The molecule has 41 heavy (non-hydrogen) atoms. The Morgan fingerprint density at radius 1 is 1.15 bits per heavy atom. The Bertz CT molecular complexity index is 1480. The van der Waals surface area contributed by atoms with Crippen LogP contribution in [0, 0.1) is 5.92 Å². The molecule has 1 aromatic carbocycles. The second-order valence-electron chi connectivity index (χ2n) is 11.6. The summed E-state index contributed by atoms with van der Waals surface area (Å²) in [4.78, 5) is 19.1. The Morgan fingerprint density at radius 2 is 2.00 bits per heavy atom. The number of aryl methyl sites for hydroxylation is 1. The molecule has 4 aromatic rings. The minimum Gasteiger partial charge on any atom is -0.367 e. The molecule has 2 fully saturated rings. The van der Waals surface area contributed by atoms with Crippen LogP contribution in [0.1, 0.15) is 69.3 Å². The van der Waals surface area contributed by atoms with E-state index in [4.69, 9.17) is 4.74 Å². The molecule has 0 aliphatic heterocycles. The third-order valence-corrected chi connectivity index (χ3v) is 8.65. The van der Waals surface area contributed by atoms with Crippen molar-refractivity contribution < 1.29 is 17.9 Å². The van der Waals surface area contributed by atoms with Gasteiger partial charge in [-0.25, -0.2) is 15.0 Å². The van der Waals surface area contributed by atoms with E-state index >= 15 is 0 Å². The monoisotopic (exact) mass is 569 g/mol. The first kappa shape index (κ1) is 28.0. The molecule has 0 amide bonds. The molecule has 3 atom stereocenters. The molecule has 6 rings (SSSR count). The number of alkyl halides is 3. The summed E-state index contributed by atoms with van der Waals surface area (Å²) in [6.07, 6.45) is 7.82. The van der Waals surface area contributed by atoms with Crippen LogP contribution >= 0.6 is 0 Å². The summed E-state index contributed by atoms with van der Waals surface area (Å²) in [5.74, 6) is 2.24. The SMILES string of the molecule is COC(C)N(CCCCc1nc2ccc(C(F)(F)F)cc2[nH]1)C[C@@H]1CC[C@H](n2ccc3c(NC4CC4)ncnc32)C1. The topological polar surface area (TPSA) is 83.9 Å². The van der Waals surface area contributed by atoms with Crippen LogP contribution in [0.25, 0.3) is 22.1 Å². The second kappa shape index (κ2) is 11.6. The van der Waals surface area contributed by atoms with E-state index in [1.807, 2.05) is 0 Å². The van der Waals surface area contributed by atoms with Gasteiger partial charge in [-0.1, -0.05) is 0 Å². The zero-order valence-corrected chi connectivity index (χ0v) is 23.6. The number of hydrogen-bond acceptors (Lipinski definition) is 6.